The fourth-order valence-corrected chi connectivity index (χ4v) is 1.81. The van der Waals surface area contributed by atoms with E-state index in [0.29, 0.717) is 11.3 Å². The standard InChI is InChI=1S/C8H8F2INO/c1-4-6(8(9)10)12-3-5(11)7(4)13-2/h3,8H,1-2H3. The van der Waals surface area contributed by atoms with Crippen LogP contribution in [0, 0.1) is 10.5 Å². The molecular formula is C8H8F2INO. The minimum atomic E-state index is -2.55. The van der Waals surface area contributed by atoms with E-state index < -0.39 is 6.43 Å². The number of halogens is 3. The summed E-state index contributed by atoms with van der Waals surface area (Å²) < 4.78 is 30.4. The average Bonchev–Trinajstić information content (AvgIpc) is 2.04. The van der Waals surface area contributed by atoms with Crippen LogP contribution in [-0.4, -0.2) is 12.1 Å². The lowest BCUT2D eigenvalue weighted by atomic mass is 10.2. The molecule has 13 heavy (non-hydrogen) atoms. The maximum atomic E-state index is 12.4. The quantitative estimate of drug-likeness (QED) is 0.783. The van der Waals surface area contributed by atoms with Crippen molar-refractivity contribution in [2.24, 2.45) is 0 Å². The van der Waals surface area contributed by atoms with E-state index in [0.717, 1.165) is 3.57 Å². The third-order valence-electron chi connectivity index (χ3n) is 1.67. The Morgan fingerprint density at radius 1 is 1.54 bits per heavy atom. The number of ether oxygens (including phenoxy) is 1. The van der Waals surface area contributed by atoms with Gasteiger partial charge in [-0.3, -0.25) is 4.98 Å². The zero-order chi connectivity index (χ0) is 10.0. The third kappa shape index (κ3) is 2.07. The molecule has 0 spiro atoms. The molecule has 0 atom stereocenters. The first-order valence-electron chi connectivity index (χ1n) is 3.55. The molecule has 1 aromatic rings. The number of hydrogen-bond donors (Lipinski definition) is 0. The van der Waals surface area contributed by atoms with Crippen LogP contribution < -0.4 is 4.74 Å². The van der Waals surface area contributed by atoms with Gasteiger partial charge in [-0.25, -0.2) is 8.78 Å². The Kier molecular flexibility index (Phi) is 3.40. The fraction of sp³-hybridized carbons (Fsp3) is 0.375. The van der Waals surface area contributed by atoms with Crippen LogP contribution in [0.2, 0.25) is 0 Å². The summed E-state index contributed by atoms with van der Waals surface area (Å²) in [5.74, 6) is 0.478. The molecule has 0 aliphatic rings. The molecule has 0 fully saturated rings. The van der Waals surface area contributed by atoms with Crippen LogP contribution in [0.1, 0.15) is 17.7 Å². The van der Waals surface area contributed by atoms with Gasteiger partial charge in [0.15, 0.2) is 0 Å². The van der Waals surface area contributed by atoms with Crippen molar-refractivity contribution in [1.82, 2.24) is 4.98 Å². The highest BCUT2D eigenvalue weighted by Gasteiger charge is 2.17. The van der Waals surface area contributed by atoms with Gasteiger partial charge in [0.05, 0.1) is 10.7 Å². The van der Waals surface area contributed by atoms with Crippen molar-refractivity contribution in [3.8, 4) is 5.75 Å². The molecule has 0 saturated heterocycles. The number of alkyl halides is 2. The maximum absolute atomic E-state index is 12.4. The van der Waals surface area contributed by atoms with Gasteiger partial charge in [-0.05, 0) is 29.5 Å². The maximum Gasteiger partial charge on any atom is 0.280 e. The summed E-state index contributed by atoms with van der Waals surface area (Å²) in [6.45, 7) is 1.58. The molecule has 1 heterocycles. The second kappa shape index (κ2) is 4.17. The van der Waals surface area contributed by atoms with Gasteiger partial charge in [-0.15, -0.1) is 0 Å². The van der Waals surface area contributed by atoms with Gasteiger partial charge in [0.2, 0.25) is 0 Å². The van der Waals surface area contributed by atoms with Gasteiger partial charge < -0.3 is 4.74 Å². The summed E-state index contributed by atoms with van der Waals surface area (Å²) in [6.07, 6.45) is -1.17. The van der Waals surface area contributed by atoms with Crippen LogP contribution in [0.3, 0.4) is 0 Å². The summed E-state index contributed by atoms with van der Waals surface area (Å²) in [6, 6.07) is 0. The van der Waals surface area contributed by atoms with Gasteiger partial charge in [-0.1, -0.05) is 0 Å². The van der Waals surface area contributed by atoms with E-state index in [1.165, 1.54) is 13.3 Å². The molecule has 0 aliphatic carbocycles. The van der Waals surface area contributed by atoms with Gasteiger partial charge in [-0.2, -0.15) is 0 Å². The van der Waals surface area contributed by atoms with Crippen LogP contribution in [0.4, 0.5) is 8.78 Å². The van der Waals surface area contributed by atoms with E-state index in [1.807, 2.05) is 22.6 Å². The van der Waals surface area contributed by atoms with Crippen molar-refractivity contribution in [2.75, 3.05) is 7.11 Å². The average molecular weight is 299 g/mol. The molecule has 0 aliphatic heterocycles. The highest BCUT2D eigenvalue weighted by molar-refractivity contribution is 14.1. The van der Waals surface area contributed by atoms with E-state index >= 15 is 0 Å². The summed E-state index contributed by atoms with van der Waals surface area (Å²) in [5.41, 5.74) is 0.196. The Bertz CT molecular complexity index is 317. The lowest BCUT2D eigenvalue weighted by Gasteiger charge is -2.10. The number of methoxy groups -OCH3 is 1. The predicted molar refractivity (Wildman–Crippen MR) is 53.2 cm³/mol. The Balaban J connectivity index is 3.27. The Morgan fingerprint density at radius 3 is 2.62 bits per heavy atom. The number of aromatic nitrogens is 1. The molecule has 5 heteroatoms. The molecule has 0 radical (unpaired) electrons. The minimum absolute atomic E-state index is 0.211. The number of nitrogens with zero attached hydrogens (tertiary/aromatic N) is 1. The van der Waals surface area contributed by atoms with E-state index in [1.54, 1.807) is 6.92 Å². The van der Waals surface area contributed by atoms with Crippen LogP contribution in [-0.2, 0) is 0 Å². The first-order valence-corrected chi connectivity index (χ1v) is 4.63. The monoisotopic (exact) mass is 299 g/mol. The van der Waals surface area contributed by atoms with Crippen molar-refractivity contribution in [1.29, 1.82) is 0 Å². The summed E-state index contributed by atoms with van der Waals surface area (Å²) in [7, 11) is 1.46. The van der Waals surface area contributed by atoms with Crippen molar-refractivity contribution in [2.45, 2.75) is 13.3 Å². The highest BCUT2D eigenvalue weighted by atomic mass is 127. The highest BCUT2D eigenvalue weighted by Crippen LogP contribution is 2.30. The summed E-state index contributed by atoms with van der Waals surface area (Å²) in [4.78, 5) is 3.65. The van der Waals surface area contributed by atoms with Gasteiger partial charge in [0.25, 0.3) is 6.43 Å². The predicted octanol–water partition coefficient (Wildman–Crippen LogP) is 2.94. The molecule has 0 unspecified atom stereocenters. The zero-order valence-electron chi connectivity index (χ0n) is 7.14. The lowest BCUT2D eigenvalue weighted by Crippen LogP contribution is -1.99. The number of rotatable bonds is 2. The molecule has 1 aromatic heterocycles. The van der Waals surface area contributed by atoms with Gasteiger partial charge >= 0.3 is 0 Å². The molecule has 2 nitrogen and oxygen atoms in total. The van der Waals surface area contributed by atoms with Crippen molar-refractivity contribution < 1.29 is 13.5 Å². The first-order chi connectivity index (χ1) is 6.07. The van der Waals surface area contributed by atoms with E-state index in [9.17, 15) is 8.78 Å². The molecule has 0 bridgehead atoms. The van der Waals surface area contributed by atoms with Crippen molar-refractivity contribution in [3.05, 3.63) is 21.0 Å². The van der Waals surface area contributed by atoms with E-state index in [-0.39, 0.29) is 5.69 Å². The second-order valence-corrected chi connectivity index (χ2v) is 3.61. The number of pyridine rings is 1. The molecular weight excluding hydrogens is 291 g/mol. The van der Waals surface area contributed by atoms with Crippen LogP contribution >= 0.6 is 22.6 Å². The van der Waals surface area contributed by atoms with Gasteiger partial charge in [0, 0.05) is 11.8 Å². The smallest absolute Gasteiger partial charge is 0.280 e. The van der Waals surface area contributed by atoms with Crippen LogP contribution in [0.15, 0.2) is 6.20 Å². The second-order valence-electron chi connectivity index (χ2n) is 2.45. The molecule has 72 valence electrons. The first kappa shape index (κ1) is 10.6. The SMILES string of the molecule is COc1c(I)cnc(C(F)F)c1C. The fourth-order valence-electron chi connectivity index (χ4n) is 1.05. The minimum Gasteiger partial charge on any atom is -0.495 e. The molecule has 0 aromatic carbocycles. The normalized spacial score (nSPS) is 10.6. The van der Waals surface area contributed by atoms with Crippen LogP contribution in [0.25, 0.3) is 0 Å². The molecule has 0 amide bonds. The van der Waals surface area contributed by atoms with Crippen molar-refractivity contribution >= 4 is 22.6 Å². The summed E-state index contributed by atoms with van der Waals surface area (Å²) in [5, 5.41) is 0. The van der Waals surface area contributed by atoms with Gasteiger partial charge in [0.1, 0.15) is 11.4 Å². The topological polar surface area (TPSA) is 22.1 Å². The largest absolute Gasteiger partial charge is 0.495 e. The lowest BCUT2D eigenvalue weighted by molar-refractivity contribution is 0.144. The van der Waals surface area contributed by atoms with Crippen molar-refractivity contribution in [3.63, 3.8) is 0 Å². The third-order valence-corrected chi connectivity index (χ3v) is 2.44. The van der Waals surface area contributed by atoms with E-state index in [2.05, 4.69) is 4.98 Å². The molecule has 1 rings (SSSR count). The van der Waals surface area contributed by atoms with E-state index in [4.69, 9.17) is 4.74 Å². The molecule has 0 saturated carbocycles. The molecule has 0 N–H and O–H groups in total. The van der Waals surface area contributed by atoms with Crippen LogP contribution in [0.5, 0.6) is 5.75 Å². The Labute approximate surface area is 88.5 Å². The summed E-state index contributed by atoms with van der Waals surface area (Å²) >= 11 is 1.99. The number of hydrogen-bond acceptors (Lipinski definition) is 2. The Morgan fingerprint density at radius 2 is 2.15 bits per heavy atom. The zero-order valence-corrected chi connectivity index (χ0v) is 9.30. The Hall–Kier alpha value is -0.460.